The lowest BCUT2D eigenvalue weighted by atomic mass is 10.1. The molecule has 1 saturated heterocycles. The van der Waals surface area contributed by atoms with E-state index < -0.39 is 0 Å². The molecule has 1 aliphatic heterocycles. The molecule has 126 valence electrons. The van der Waals surface area contributed by atoms with Gasteiger partial charge in [0.05, 0.1) is 5.92 Å². The van der Waals surface area contributed by atoms with Gasteiger partial charge in [0.15, 0.2) is 5.69 Å². The van der Waals surface area contributed by atoms with Gasteiger partial charge in [0, 0.05) is 24.6 Å². The number of benzene rings is 1. The van der Waals surface area contributed by atoms with E-state index in [4.69, 9.17) is 10.2 Å². The average Bonchev–Trinajstić information content (AvgIpc) is 3.22. The Labute approximate surface area is 140 Å². The van der Waals surface area contributed by atoms with Crippen molar-refractivity contribution >= 4 is 11.8 Å². The second-order valence-electron chi connectivity index (χ2n) is 6.39. The first-order valence-electron chi connectivity index (χ1n) is 8.12. The number of nitrogens with two attached hydrogens (primary N) is 1. The number of likely N-dealkylation sites (tertiary alicyclic amines) is 1. The van der Waals surface area contributed by atoms with Crippen LogP contribution in [0.3, 0.4) is 0 Å². The molecular formula is C18H21N3O3. The van der Waals surface area contributed by atoms with Crippen molar-refractivity contribution in [3.63, 3.8) is 0 Å². The summed E-state index contributed by atoms with van der Waals surface area (Å²) < 4.78 is 5.87. The Morgan fingerprint density at radius 1 is 1.29 bits per heavy atom. The summed E-state index contributed by atoms with van der Waals surface area (Å²) in [5, 5.41) is 0. The number of rotatable bonds is 4. The summed E-state index contributed by atoms with van der Waals surface area (Å²) in [6, 6.07) is 9.49. The summed E-state index contributed by atoms with van der Waals surface area (Å²) in [5.74, 6) is 0.197. The van der Waals surface area contributed by atoms with Crippen LogP contribution in [0.1, 0.15) is 42.4 Å². The van der Waals surface area contributed by atoms with Crippen molar-refractivity contribution in [1.29, 1.82) is 0 Å². The molecule has 6 nitrogen and oxygen atoms in total. The zero-order chi connectivity index (χ0) is 17.3. The zero-order valence-corrected chi connectivity index (χ0v) is 13.9. The van der Waals surface area contributed by atoms with Gasteiger partial charge in [-0.2, -0.15) is 0 Å². The van der Waals surface area contributed by atoms with E-state index >= 15 is 0 Å². The van der Waals surface area contributed by atoms with Crippen LogP contribution in [0.5, 0.6) is 0 Å². The number of primary amides is 1. The van der Waals surface area contributed by atoms with Gasteiger partial charge in [-0.15, -0.1) is 0 Å². The monoisotopic (exact) mass is 327 g/mol. The molecule has 1 fully saturated rings. The molecule has 6 heteroatoms. The number of carbonyl (C=O) groups excluding carboxylic acids is 2. The highest BCUT2D eigenvalue weighted by molar-refractivity contribution is 5.94. The van der Waals surface area contributed by atoms with Crippen molar-refractivity contribution in [3.05, 3.63) is 41.8 Å². The number of nitrogens with zero attached hydrogens (tertiary/aromatic N) is 2. The van der Waals surface area contributed by atoms with E-state index in [9.17, 15) is 9.59 Å². The first-order valence-corrected chi connectivity index (χ1v) is 8.12. The minimum atomic E-state index is -0.362. The van der Waals surface area contributed by atoms with Gasteiger partial charge >= 0.3 is 0 Å². The van der Waals surface area contributed by atoms with E-state index in [1.54, 1.807) is 4.90 Å². The molecule has 0 radical (unpaired) electrons. The topological polar surface area (TPSA) is 89.4 Å². The largest absolute Gasteiger partial charge is 0.440 e. The van der Waals surface area contributed by atoms with Crippen molar-refractivity contribution in [2.45, 2.75) is 26.2 Å². The molecule has 1 atom stereocenters. The Hall–Kier alpha value is -2.63. The number of oxazole rings is 1. The third-order valence-electron chi connectivity index (χ3n) is 4.28. The molecule has 0 bridgehead atoms. The maximum atomic E-state index is 12.8. The number of hydrogen-bond acceptors (Lipinski definition) is 4. The van der Waals surface area contributed by atoms with Crippen molar-refractivity contribution in [3.8, 4) is 11.5 Å². The average molecular weight is 327 g/mol. The quantitative estimate of drug-likeness (QED) is 0.934. The van der Waals surface area contributed by atoms with E-state index in [-0.39, 0.29) is 23.7 Å². The summed E-state index contributed by atoms with van der Waals surface area (Å²) in [7, 11) is 0. The Kier molecular flexibility index (Phi) is 4.38. The number of aromatic nitrogens is 1. The molecule has 0 saturated carbocycles. The molecule has 2 N–H and O–H groups in total. The molecule has 24 heavy (non-hydrogen) atoms. The van der Waals surface area contributed by atoms with Crippen molar-refractivity contribution in [2.75, 3.05) is 13.1 Å². The summed E-state index contributed by atoms with van der Waals surface area (Å²) in [6.07, 6.45) is 0.599. The lowest BCUT2D eigenvalue weighted by Gasteiger charge is -2.15. The fourth-order valence-electron chi connectivity index (χ4n) is 2.91. The van der Waals surface area contributed by atoms with Crippen LogP contribution in [-0.4, -0.2) is 34.8 Å². The first-order chi connectivity index (χ1) is 11.5. The second kappa shape index (κ2) is 6.47. The van der Waals surface area contributed by atoms with Gasteiger partial charge in [0.25, 0.3) is 5.91 Å². The van der Waals surface area contributed by atoms with Gasteiger partial charge in [-0.05, 0) is 18.6 Å². The lowest BCUT2D eigenvalue weighted by molar-refractivity contribution is -0.121. The predicted molar refractivity (Wildman–Crippen MR) is 89.2 cm³/mol. The van der Waals surface area contributed by atoms with Crippen LogP contribution >= 0.6 is 0 Å². The standard InChI is InChI=1S/C18H21N3O3/c1-11(2)15-14(18(23)21-9-8-13(10-21)16(19)22)20-17(24-15)12-6-4-3-5-7-12/h3-7,11,13H,8-10H2,1-2H3,(H2,19,22)/t13-/m1/s1. The molecular weight excluding hydrogens is 306 g/mol. The smallest absolute Gasteiger partial charge is 0.276 e. The highest BCUT2D eigenvalue weighted by Crippen LogP contribution is 2.29. The third kappa shape index (κ3) is 3.04. The van der Waals surface area contributed by atoms with Crippen LogP contribution < -0.4 is 5.73 Å². The van der Waals surface area contributed by atoms with Crippen molar-refractivity contribution in [2.24, 2.45) is 11.7 Å². The van der Waals surface area contributed by atoms with Crippen LogP contribution in [0.15, 0.2) is 34.7 Å². The molecule has 0 aliphatic carbocycles. The van der Waals surface area contributed by atoms with E-state index in [0.717, 1.165) is 5.56 Å². The molecule has 2 amide bonds. The van der Waals surface area contributed by atoms with E-state index in [0.29, 0.717) is 36.9 Å². The van der Waals surface area contributed by atoms with Gasteiger partial charge in [-0.3, -0.25) is 9.59 Å². The van der Waals surface area contributed by atoms with Gasteiger partial charge in [0.1, 0.15) is 5.76 Å². The second-order valence-corrected chi connectivity index (χ2v) is 6.39. The van der Waals surface area contributed by atoms with Crippen molar-refractivity contribution < 1.29 is 14.0 Å². The first kappa shape index (κ1) is 16.2. The Morgan fingerprint density at radius 2 is 2.00 bits per heavy atom. The summed E-state index contributed by atoms with van der Waals surface area (Å²) in [4.78, 5) is 30.2. The van der Waals surface area contributed by atoms with E-state index in [2.05, 4.69) is 4.98 Å². The molecule has 0 spiro atoms. The molecule has 2 heterocycles. The third-order valence-corrected chi connectivity index (χ3v) is 4.28. The summed E-state index contributed by atoms with van der Waals surface area (Å²) in [6.45, 7) is 4.78. The van der Waals surface area contributed by atoms with Crippen LogP contribution in [-0.2, 0) is 4.79 Å². The normalized spacial score (nSPS) is 17.5. The fraction of sp³-hybridized carbons (Fsp3) is 0.389. The van der Waals surface area contributed by atoms with E-state index in [1.807, 2.05) is 44.2 Å². The van der Waals surface area contributed by atoms with Gasteiger partial charge in [-0.25, -0.2) is 4.98 Å². The molecule has 0 unspecified atom stereocenters. The molecule has 1 aliphatic rings. The maximum Gasteiger partial charge on any atom is 0.276 e. The highest BCUT2D eigenvalue weighted by Gasteiger charge is 2.33. The number of hydrogen-bond donors (Lipinski definition) is 1. The SMILES string of the molecule is CC(C)c1oc(-c2ccccc2)nc1C(=O)N1CC[C@@H](C(N)=O)C1. The molecule has 1 aromatic heterocycles. The molecule has 2 aromatic rings. The van der Waals surface area contributed by atoms with Gasteiger partial charge in [0.2, 0.25) is 11.8 Å². The predicted octanol–water partition coefficient (Wildman–Crippen LogP) is 2.41. The highest BCUT2D eigenvalue weighted by atomic mass is 16.4. The fourth-order valence-corrected chi connectivity index (χ4v) is 2.91. The van der Waals surface area contributed by atoms with Gasteiger partial charge in [-0.1, -0.05) is 32.0 Å². The minimum absolute atomic E-state index is 0.0310. The van der Waals surface area contributed by atoms with Crippen molar-refractivity contribution in [1.82, 2.24) is 9.88 Å². The van der Waals surface area contributed by atoms with E-state index in [1.165, 1.54) is 0 Å². The van der Waals surface area contributed by atoms with Crippen LogP contribution in [0.4, 0.5) is 0 Å². The van der Waals surface area contributed by atoms with Crippen LogP contribution in [0.2, 0.25) is 0 Å². The minimum Gasteiger partial charge on any atom is -0.440 e. The van der Waals surface area contributed by atoms with Crippen LogP contribution in [0, 0.1) is 5.92 Å². The zero-order valence-electron chi connectivity index (χ0n) is 13.9. The number of amides is 2. The lowest BCUT2D eigenvalue weighted by Crippen LogP contribution is -2.32. The van der Waals surface area contributed by atoms with Crippen LogP contribution in [0.25, 0.3) is 11.5 Å². The molecule has 1 aromatic carbocycles. The molecule has 3 rings (SSSR count). The Morgan fingerprint density at radius 3 is 2.58 bits per heavy atom. The Balaban J connectivity index is 1.91. The summed E-state index contributed by atoms with van der Waals surface area (Å²) >= 11 is 0. The summed E-state index contributed by atoms with van der Waals surface area (Å²) in [5.41, 5.74) is 6.50. The number of carbonyl (C=O) groups is 2. The maximum absolute atomic E-state index is 12.8. The Bertz CT molecular complexity index is 752. The van der Waals surface area contributed by atoms with Gasteiger partial charge < -0.3 is 15.1 Å².